The third-order valence-electron chi connectivity index (χ3n) is 3.16. The maximum Gasteiger partial charge on any atom is 0.422 e. The molecule has 21 heavy (non-hydrogen) atoms. The molecule has 0 unspecified atom stereocenters. The highest BCUT2D eigenvalue weighted by Gasteiger charge is 2.46. The number of alkyl halides is 3. The van der Waals surface area contributed by atoms with Crippen LogP contribution in [0.15, 0.2) is 18.2 Å². The number of ether oxygens (including phenoxy) is 1. The van der Waals surface area contributed by atoms with Crippen molar-refractivity contribution in [1.29, 1.82) is 0 Å². The van der Waals surface area contributed by atoms with Gasteiger partial charge < -0.3 is 15.8 Å². The molecule has 0 aromatic heterocycles. The molecule has 0 bridgehead atoms. The third kappa shape index (κ3) is 4.50. The Morgan fingerprint density at radius 1 is 1.43 bits per heavy atom. The average Bonchev–Trinajstić information content (AvgIpc) is 3.09. The zero-order valence-corrected chi connectivity index (χ0v) is 12.1. The van der Waals surface area contributed by atoms with E-state index in [1.807, 2.05) is 0 Å². The van der Waals surface area contributed by atoms with Crippen LogP contribution in [0.3, 0.4) is 0 Å². The van der Waals surface area contributed by atoms with E-state index in [9.17, 15) is 18.0 Å². The molecular formula is C13H16ClF3N2O2. The minimum Gasteiger partial charge on any atom is -0.484 e. The summed E-state index contributed by atoms with van der Waals surface area (Å²) in [6, 6.07) is 4.54. The van der Waals surface area contributed by atoms with E-state index in [-0.39, 0.29) is 24.1 Å². The topological polar surface area (TPSA) is 64.4 Å². The summed E-state index contributed by atoms with van der Waals surface area (Å²) in [5.74, 6) is -0.240. The summed E-state index contributed by atoms with van der Waals surface area (Å²) in [5.41, 5.74) is 5.76. The lowest BCUT2D eigenvalue weighted by Crippen LogP contribution is -2.38. The Labute approximate surface area is 126 Å². The van der Waals surface area contributed by atoms with Crippen LogP contribution in [-0.2, 0) is 4.79 Å². The minimum absolute atomic E-state index is 0. The number of benzene rings is 1. The number of halogens is 4. The van der Waals surface area contributed by atoms with E-state index in [0.29, 0.717) is 24.1 Å². The lowest BCUT2D eigenvalue weighted by atomic mass is 10.1. The van der Waals surface area contributed by atoms with Gasteiger partial charge in [-0.1, -0.05) is 6.07 Å². The average molecular weight is 325 g/mol. The molecule has 1 amide bonds. The number of rotatable bonds is 4. The highest BCUT2D eigenvalue weighted by molar-refractivity contribution is 6.00. The van der Waals surface area contributed by atoms with Gasteiger partial charge in [-0.2, -0.15) is 13.2 Å². The second-order valence-corrected chi connectivity index (χ2v) is 4.94. The van der Waals surface area contributed by atoms with Crippen LogP contribution in [0, 0.1) is 6.92 Å². The molecule has 8 heteroatoms. The second kappa shape index (κ2) is 6.11. The third-order valence-corrected chi connectivity index (χ3v) is 3.16. The molecular weight excluding hydrogens is 309 g/mol. The lowest BCUT2D eigenvalue weighted by Gasteiger charge is -2.16. The fourth-order valence-corrected chi connectivity index (χ4v) is 1.67. The van der Waals surface area contributed by atoms with Crippen molar-refractivity contribution < 1.29 is 22.7 Å². The number of amides is 1. The van der Waals surface area contributed by atoms with E-state index in [4.69, 9.17) is 10.5 Å². The lowest BCUT2D eigenvalue weighted by molar-refractivity contribution is -0.153. The van der Waals surface area contributed by atoms with Crippen LogP contribution in [0.4, 0.5) is 18.9 Å². The Bertz CT molecular complexity index is 531. The van der Waals surface area contributed by atoms with Crippen molar-refractivity contribution in [3.63, 3.8) is 0 Å². The van der Waals surface area contributed by atoms with Crippen molar-refractivity contribution in [3.8, 4) is 5.75 Å². The fraction of sp³-hybridized carbons (Fsp3) is 0.462. The predicted octanol–water partition coefficient (Wildman–Crippen LogP) is 2.79. The molecule has 1 aliphatic rings. The van der Waals surface area contributed by atoms with Crippen molar-refractivity contribution in [2.24, 2.45) is 5.73 Å². The summed E-state index contributed by atoms with van der Waals surface area (Å²) in [4.78, 5) is 11.8. The van der Waals surface area contributed by atoms with Gasteiger partial charge in [-0.25, -0.2) is 0 Å². The van der Waals surface area contributed by atoms with Gasteiger partial charge in [-0.05, 0) is 31.9 Å². The SMILES string of the molecule is Cc1c(NC(=O)C2(N)CC2)cccc1OCC(F)(F)F.Cl. The molecule has 0 radical (unpaired) electrons. The molecule has 0 aliphatic heterocycles. The monoisotopic (exact) mass is 324 g/mol. The van der Waals surface area contributed by atoms with E-state index in [1.54, 1.807) is 13.0 Å². The summed E-state index contributed by atoms with van der Waals surface area (Å²) >= 11 is 0. The molecule has 1 aromatic rings. The molecule has 0 atom stereocenters. The molecule has 1 aliphatic carbocycles. The number of carbonyl (C=O) groups is 1. The van der Waals surface area contributed by atoms with Gasteiger partial charge in [0.1, 0.15) is 5.75 Å². The zero-order chi connectivity index (χ0) is 15.0. The van der Waals surface area contributed by atoms with Crippen molar-refractivity contribution >= 4 is 24.0 Å². The standard InChI is InChI=1S/C13H15F3N2O2.ClH/c1-8-9(18-11(19)12(17)5-6-12)3-2-4-10(8)20-7-13(14,15)16;/h2-4H,5-7,17H2,1H3,(H,18,19);1H. The number of carbonyl (C=O) groups excluding carboxylic acids is 1. The largest absolute Gasteiger partial charge is 0.484 e. The van der Waals surface area contributed by atoms with Gasteiger partial charge in [-0.3, -0.25) is 4.79 Å². The first kappa shape index (κ1) is 17.6. The second-order valence-electron chi connectivity index (χ2n) is 4.94. The van der Waals surface area contributed by atoms with Gasteiger partial charge in [0, 0.05) is 11.3 Å². The Balaban J connectivity index is 0.00000220. The smallest absolute Gasteiger partial charge is 0.422 e. The molecule has 0 saturated heterocycles. The van der Waals surface area contributed by atoms with Crippen LogP contribution < -0.4 is 15.8 Å². The molecule has 0 heterocycles. The van der Waals surface area contributed by atoms with Crippen LogP contribution in [0.5, 0.6) is 5.75 Å². The highest BCUT2D eigenvalue weighted by Crippen LogP contribution is 2.34. The predicted molar refractivity (Wildman–Crippen MR) is 74.8 cm³/mol. The molecule has 1 fully saturated rings. The van der Waals surface area contributed by atoms with E-state index in [1.165, 1.54) is 12.1 Å². The maximum absolute atomic E-state index is 12.1. The minimum atomic E-state index is -4.40. The summed E-state index contributed by atoms with van der Waals surface area (Å²) in [5, 5.41) is 2.63. The number of hydrogen-bond donors (Lipinski definition) is 2. The number of hydrogen-bond acceptors (Lipinski definition) is 3. The molecule has 2 rings (SSSR count). The van der Waals surface area contributed by atoms with Crippen molar-refractivity contribution in [2.45, 2.75) is 31.5 Å². The molecule has 0 spiro atoms. The number of nitrogens with one attached hydrogen (secondary N) is 1. The first-order valence-electron chi connectivity index (χ1n) is 6.11. The summed E-state index contributed by atoms with van der Waals surface area (Å²) in [6.07, 6.45) is -3.18. The molecule has 1 saturated carbocycles. The van der Waals surface area contributed by atoms with E-state index in [0.717, 1.165) is 0 Å². The maximum atomic E-state index is 12.1. The van der Waals surface area contributed by atoms with Gasteiger partial charge in [0.2, 0.25) is 5.91 Å². The first-order chi connectivity index (χ1) is 9.21. The summed E-state index contributed by atoms with van der Waals surface area (Å²) < 4.78 is 41.1. The van der Waals surface area contributed by atoms with Crippen LogP contribution in [0.1, 0.15) is 18.4 Å². The Morgan fingerprint density at radius 3 is 2.57 bits per heavy atom. The normalized spacial score (nSPS) is 15.9. The molecule has 3 N–H and O–H groups in total. The van der Waals surface area contributed by atoms with Crippen molar-refractivity contribution in [3.05, 3.63) is 23.8 Å². The molecule has 118 valence electrons. The van der Waals surface area contributed by atoms with Crippen LogP contribution in [0.25, 0.3) is 0 Å². The van der Waals surface area contributed by atoms with Gasteiger partial charge in [0.15, 0.2) is 6.61 Å². The summed E-state index contributed by atoms with van der Waals surface area (Å²) in [6.45, 7) is 0.212. The van der Waals surface area contributed by atoms with Gasteiger partial charge in [-0.15, -0.1) is 12.4 Å². The quantitative estimate of drug-likeness (QED) is 0.895. The van der Waals surface area contributed by atoms with Crippen molar-refractivity contribution in [1.82, 2.24) is 0 Å². The van der Waals surface area contributed by atoms with E-state index in [2.05, 4.69) is 5.32 Å². The number of nitrogens with two attached hydrogens (primary N) is 1. The van der Waals surface area contributed by atoms with E-state index < -0.39 is 18.3 Å². The fourth-order valence-electron chi connectivity index (χ4n) is 1.67. The van der Waals surface area contributed by atoms with Crippen LogP contribution in [0.2, 0.25) is 0 Å². The van der Waals surface area contributed by atoms with Gasteiger partial charge in [0.05, 0.1) is 5.54 Å². The Hall–Kier alpha value is -1.47. The zero-order valence-electron chi connectivity index (χ0n) is 11.3. The Morgan fingerprint density at radius 2 is 2.05 bits per heavy atom. The number of anilines is 1. The highest BCUT2D eigenvalue weighted by atomic mass is 35.5. The molecule has 4 nitrogen and oxygen atoms in total. The Kier molecular flexibility index (Phi) is 5.11. The van der Waals surface area contributed by atoms with E-state index >= 15 is 0 Å². The van der Waals surface area contributed by atoms with Crippen molar-refractivity contribution in [2.75, 3.05) is 11.9 Å². The van der Waals surface area contributed by atoms with Crippen LogP contribution >= 0.6 is 12.4 Å². The first-order valence-corrected chi connectivity index (χ1v) is 6.11. The molecule has 1 aromatic carbocycles. The van der Waals surface area contributed by atoms with Crippen LogP contribution in [-0.4, -0.2) is 24.2 Å². The van der Waals surface area contributed by atoms with Gasteiger partial charge >= 0.3 is 6.18 Å². The van der Waals surface area contributed by atoms with Gasteiger partial charge in [0.25, 0.3) is 0 Å². The summed E-state index contributed by atoms with van der Waals surface area (Å²) in [7, 11) is 0.